The second-order valence-electron chi connectivity index (χ2n) is 3.76. The van der Waals surface area contributed by atoms with Gasteiger partial charge in [0.25, 0.3) is 0 Å². The first kappa shape index (κ1) is 13.8. The minimum atomic E-state index is -0.512. The topological polar surface area (TPSA) is 52.4 Å². The summed E-state index contributed by atoms with van der Waals surface area (Å²) in [7, 11) is 0. The Labute approximate surface area is 123 Å². The zero-order valence-corrected chi connectivity index (χ0v) is 12.0. The summed E-state index contributed by atoms with van der Waals surface area (Å²) in [5, 5.41) is 11.1. The zero-order chi connectivity index (χ0) is 13.8. The molecule has 0 bridgehead atoms. The van der Waals surface area contributed by atoms with Crippen molar-refractivity contribution >= 4 is 33.2 Å². The zero-order valence-electron chi connectivity index (χ0n) is 9.68. The van der Waals surface area contributed by atoms with Gasteiger partial charge in [-0.1, -0.05) is 45.7 Å². The highest BCUT2D eigenvalue weighted by Crippen LogP contribution is 2.34. The van der Waals surface area contributed by atoms with E-state index in [2.05, 4.69) is 15.9 Å². The summed E-state index contributed by atoms with van der Waals surface area (Å²) >= 11 is 9.28. The fourth-order valence-corrected chi connectivity index (χ4v) is 2.24. The van der Waals surface area contributed by atoms with E-state index in [0.29, 0.717) is 0 Å². The summed E-state index contributed by atoms with van der Waals surface area (Å²) in [6.45, 7) is 0.212. The maximum atomic E-state index is 10.9. The molecule has 19 heavy (non-hydrogen) atoms. The van der Waals surface area contributed by atoms with E-state index < -0.39 is 4.92 Å². The van der Waals surface area contributed by atoms with Gasteiger partial charge in [-0.05, 0) is 23.8 Å². The largest absolute Gasteiger partial charge is 0.481 e. The van der Waals surface area contributed by atoms with Crippen molar-refractivity contribution in [3.05, 3.63) is 67.6 Å². The van der Waals surface area contributed by atoms with Crippen LogP contribution in [0.4, 0.5) is 5.69 Å². The van der Waals surface area contributed by atoms with Crippen molar-refractivity contribution in [1.82, 2.24) is 0 Å². The molecule has 2 aromatic carbocycles. The standard InChI is InChI=1S/C13H9BrClNO3/c14-10-4-1-3-9(7-10)8-19-13-11(15)5-2-6-12(13)16(17)18/h1-7H,8H2. The summed E-state index contributed by atoms with van der Waals surface area (Å²) in [5.41, 5.74) is 0.756. The monoisotopic (exact) mass is 341 g/mol. The molecule has 98 valence electrons. The van der Waals surface area contributed by atoms with Crippen molar-refractivity contribution in [2.75, 3.05) is 0 Å². The molecule has 4 nitrogen and oxygen atoms in total. The number of hydrogen-bond acceptors (Lipinski definition) is 3. The lowest BCUT2D eigenvalue weighted by Gasteiger charge is -2.08. The van der Waals surface area contributed by atoms with E-state index >= 15 is 0 Å². The molecule has 0 saturated heterocycles. The van der Waals surface area contributed by atoms with E-state index in [1.807, 2.05) is 24.3 Å². The maximum Gasteiger partial charge on any atom is 0.312 e. The first-order valence-electron chi connectivity index (χ1n) is 5.38. The molecule has 0 radical (unpaired) electrons. The highest BCUT2D eigenvalue weighted by Gasteiger charge is 2.18. The average molecular weight is 343 g/mol. The first-order chi connectivity index (χ1) is 9.08. The molecule has 6 heteroatoms. The molecular weight excluding hydrogens is 334 g/mol. The highest BCUT2D eigenvalue weighted by atomic mass is 79.9. The second kappa shape index (κ2) is 6.04. The third-order valence-corrected chi connectivity index (χ3v) is 3.21. The second-order valence-corrected chi connectivity index (χ2v) is 5.09. The van der Waals surface area contributed by atoms with Crippen LogP contribution < -0.4 is 4.74 Å². The molecule has 0 amide bonds. The summed E-state index contributed by atoms with van der Waals surface area (Å²) < 4.78 is 6.39. The van der Waals surface area contributed by atoms with Crippen LogP contribution in [0.1, 0.15) is 5.56 Å². The average Bonchev–Trinajstić information content (AvgIpc) is 2.37. The molecule has 0 aliphatic carbocycles. The van der Waals surface area contributed by atoms with Crippen LogP contribution in [0.15, 0.2) is 46.9 Å². The quantitative estimate of drug-likeness (QED) is 0.603. The smallest absolute Gasteiger partial charge is 0.312 e. The van der Waals surface area contributed by atoms with Crippen molar-refractivity contribution in [1.29, 1.82) is 0 Å². The van der Waals surface area contributed by atoms with Crippen LogP contribution in [0.2, 0.25) is 5.02 Å². The fraction of sp³-hybridized carbons (Fsp3) is 0.0769. The number of ether oxygens (including phenoxy) is 1. The van der Waals surface area contributed by atoms with Crippen LogP contribution >= 0.6 is 27.5 Å². The summed E-state index contributed by atoms with van der Waals surface area (Å²) in [6, 6.07) is 11.9. The van der Waals surface area contributed by atoms with E-state index in [1.54, 1.807) is 6.07 Å². The molecule has 0 aliphatic heterocycles. The first-order valence-corrected chi connectivity index (χ1v) is 6.55. The van der Waals surface area contributed by atoms with Gasteiger partial charge in [-0.3, -0.25) is 10.1 Å². The summed E-state index contributed by atoms with van der Waals surface area (Å²) in [6.07, 6.45) is 0. The number of rotatable bonds is 4. The molecule has 0 aromatic heterocycles. The van der Waals surface area contributed by atoms with E-state index in [9.17, 15) is 10.1 Å². The van der Waals surface area contributed by atoms with Crippen LogP contribution in [0.3, 0.4) is 0 Å². The van der Waals surface area contributed by atoms with Gasteiger partial charge in [0.05, 0.1) is 9.95 Å². The number of nitro benzene ring substituents is 1. The lowest BCUT2D eigenvalue weighted by Crippen LogP contribution is -1.99. The maximum absolute atomic E-state index is 10.9. The highest BCUT2D eigenvalue weighted by molar-refractivity contribution is 9.10. The Morgan fingerprint density at radius 3 is 2.68 bits per heavy atom. The van der Waals surface area contributed by atoms with E-state index in [0.717, 1.165) is 10.0 Å². The number of nitro groups is 1. The van der Waals surface area contributed by atoms with Crippen molar-refractivity contribution in [3.63, 3.8) is 0 Å². The van der Waals surface area contributed by atoms with E-state index in [1.165, 1.54) is 12.1 Å². The molecule has 0 N–H and O–H groups in total. The van der Waals surface area contributed by atoms with Gasteiger partial charge in [0, 0.05) is 10.5 Å². The molecular formula is C13H9BrClNO3. The molecule has 2 rings (SSSR count). The van der Waals surface area contributed by atoms with Crippen LogP contribution in [0.5, 0.6) is 5.75 Å². The Morgan fingerprint density at radius 2 is 2.00 bits per heavy atom. The molecule has 2 aromatic rings. The normalized spacial score (nSPS) is 10.2. The van der Waals surface area contributed by atoms with Gasteiger partial charge in [0.15, 0.2) is 0 Å². The Balaban J connectivity index is 2.22. The van der Waals surface area contributed by atoms with Gasteiger partial charge in [0.2, 0.25) is 5.75 Å². The van der Waals surface area contributed by atoms with Crippen molar-refractivity contribution in [3.8, 4) is 5.75 Å². The van der Waals surface area contributed by atoms with Gasteiger partial charge >= 0.3 is 5.69 Å². The van der Waals surface area contributed by atoms with Crippen LogP contribution in [0.25, 0.3) is 0 Å². The van der Waals surface area contributed by atoms with E-state index in [4.69, 9.17) is 16.3 Å². The third kappa shape index (κ3) is 3.45. The van der Waals surface area contributed by atoms with Crippen LogP contribution in [-0.2, 0) is 6.61 Å². The summed E-state index contributed by atoms with van der Waals surface area (Å²) in [5.74, 6) is 0.0918. The number of para-hydroxylation sites is 1. The van der Waals surface area contributed by atoms with Gasteiger partial charge in [-0.2, -0.15) is 0 Å². The molecule has 0 aliphatic rings. The van der Waals surface area contributed by atoms with E-state index in [-0.39, 0.29) is 23.1 Å². The van der Waals surface area contributed by atoms with Crippen molar-refractivity contribution in [2.24, 2.45) is 0 Å². The molecule has 0 spiro atoms. The Kier molecular flexibility index (Phi) is 4.39. The van der Waals surface area contributed by atoms with Gasteiger partial charge < -0.3 is 4.74 Å². The van der Waals surface area contributed by atoms with Crippen molar-refractivity contribution in [2.45, 2.75) is 6.61 Å². The Bertz CT molecular complexity index is 619. The van der Waals surface area contributed by atoms with Crippen molar-refractivity contribution < 1.29 is 9.66 Å². The van der Waals surface area contributed by atoms with Crippen LogP contribution in [0, 0.1) is 10.1 Å². The molecule has 0 fully saturated rings. The predicted octanol–water partition coefficient (Wildman–Crippen LogP) is 4.59. The molecule has 0 saturated carbocycles. The lowest BCUT2D eigenvalue weighted by atomic mass is 10.2. The van der Waals surface area contributed by atoms with Gasteiger partial charge in [0.1, 0.15) is 6.61 Å². The number of benzene rings is 2. The van der Waals surface area contributed by atoms with Crippen LogP contribution in [-0.4, -0.2) is 4.92 Å². The number of hydrogen-bond donors (Lipinski definition) is 0. The Morgan fingerprint density at radius 1 is 1.26 bits per heavy atom. The minimum Gasteiger partial charge on any atom is -0.481 e. The predicted molar refractivity (Wildman–Crippen MR) is 76.6 cm³/mol. The Hall–Kier alpha value is -1.59. The lowest BCUT2D eigenvalue weighted by molar-refractivity contribution is -0.385. The minimum absolute atomic E-state index is 0.0918. The molecule has 0 heterocycles. The van der Waals surface area contributed by atoms with Gasteiger partial charge in [-0.25, -0.2) is 0 Å². The molecule has 0 unspecified atom stereocenters. The fourth-order valence-electron chi connectivity index (χ4n) is 1.57. The number of halogens is 2. The van der Waals surface area contributed by atoms with Gasteiger partial charge in [-0.15, -0.1) is 0 Å². The number of nitrogens with zero attached hydrogens (tertiary/aromatic N) is 1. The third-order valence-electron chi connectivity index (χ3n) is 2.42. The summed E-state index contributed by atoms with van der Waals surface area (Å²) in [4.78, 5) is 10.4. The SMILES string of the molecule is O=[N+]([O-])c1cccc(Cl)c1OCc1cccc(Br)c1. The molecule has 0 atom stereocenters.